The number of benzene rings is 2. The van der Waals surface area contributed by atoms with Gasteiger partial charge in [0.15, 0.2) is 17.1 Å². The summed E-state index contributed by atoms with van der Waals surface area (Å²) in [6, 6.07) is 5.04. The molecule has 3 aromatic rings. The van der Waals surface area contributed by atoms with E-state index in [-0.39, 0.29) is 23.1 Å². The molecule has 1 aromatic heterocycles. The molecule has 0 amide bonds. The van der Waals surface area contributed by atoms with Gasteiger partial charge in [-0.1, -0.05) is 11.6 Å². The Morgan fingerprint density at radius 3 is 2.86 bits per heavy atom. The molecule has 6 heteroatoms. The zero-order valence-corrected chi connectivity index (χ0v) is 11.7. The van der Waals surface area contributed by atoms with Crippen LogP contribution < -0.4 is 15.1 Å². The number of fused-ring (bicyclic) bond motifs is 5. The molecule has 5 nitrogen and oxygen atoms in total. The zero-order chi connectivity index (χ0) is 14.7. The standard InChI is InChI=1S/C15H9ClO5/c1-6-4-8(17)12(16)14-10(6)7-2-3-9-13(20-5-19-9)11(7)15(18)21-14/h2-4,17H,5H2,1H3. The first-order chi connectivity index (χ1) is 10.1. The Kier molecular flexibility index (Phi) is 2.38. The molecule has 106 valence electrons. The van der Waals surface area contributed by atoms with Crippen molar-refractivity contribution in [3.63, 3.8) is 0 Å². The molecule has 0 atom stereocenters. The number of rotatable bonds is 0. The summed E-state index contributed by atoms with van der Waals surface area (Å²) in [6.45, 7) is 1.88. The van der Waals surface area contributed by atoms with Crippen LogP contribution in [0.2, 0.25) is 5.02 Å². The largest absolute Gasteiger partial charge is 0.506 e. The summed E-state index contributed by atoms with van der Waals surface area (Å²) in [7, 11) is 0. The van der Waals surface area contributed by atoms with E-state index in [0.29, 0.717) is 27.7 Å². The van der Waals surface area contributed by atoms with Crippen LogP contribution in [-0.4, -0.2) is 11.9 Å². The Labute approximate surface area is 123 Å². The number of aryl methyl sites for hydroxylation is 1. The minimum atomic E-state index is -0.577. The maximum atomic E-state index is 12.3. The van der Waals surface area contributed by atoms with Gasteiger partial charge >= 0.3 is 5.63 Å². The SMILES string of the molecule is Cc1cc(O)c(Cl)c2oc(=O)c3c4c(ccc3c12)OCO4. The highest BCUT2D eigenvalue weighted by Crippen LogP contribution is 2.42. The van der Waals surface area contributed by atoms with Crippen LogP contribution in [0.4, 0.5) is 0 Å². The molecule has 0 unspecified atom stereocenters. The smallest absolute Gasteiger partial charge is 0.348 e. The van der Waals surface area contributed by atoms with Gasteiger partial charge in [0.1, 0.15) is 16.2 Å². The summed E-state index contributed by atoms with van der Waals surface area (Å²) >= 11 is 6.05. The van der Waals surface area contributed by atoms with E-state index < -0.39 is 5.63 Å². The fourth-order valence-corrected chi connectivity index (χ4v) is 2.89. The Bertz CT molecular complexity index is 974. The second kappa shape index (κ2) is 4.05. The van der Waals surface area contributed by atoms with Crippen molar-refractivity contribution in [2.24, 2.45) is 0 Å². The summed E-state index contributed by atoms with van der Waals surface area (Å²) in [5.74, 6) is 0.772. The van der Waals surface area contributed by atoms with E-state index in [0.717, 1.165) is 5.56 Å². The first-order valence-corrected chi connectivity index (χ1v) is 6.63. The molecule has 0 spiro atoms. The number of hydrogen-bond acceptors (Lipinski definition) is 5. The first-order valence-electron chi connectivity index (χ1n) is 6.25. The Morgan fingerprint density at radius 1 is 1.24 bits per heavy atom. The molecule has 0 fully saturated rings. The minimum Gasteiger partial charge on any atom is -0.506 e. The van der Waals surface area contributed by atoms with Crippen LogP contribution in [0.1, 0.15) is 5.56 Å². The number of phenols is 1. The Hall–Kier alpha value is -2.40. The van der Waals surface area contributed by atoms with E-state index in [1.165, 1.54) is 6.07 Å². The second-order valence-electron chi connectivity index (χ2n) is 4.84. The third kappa shape index (κ3) is 1.55. The molecule has 21 heavy (non-hydrogen) atoms. The van der Waals surface area contributed by atoms with Gasteiger partial charge in [-0.25, -0.2) is 4.79 Å². The molecule has 0 aliphatic carbocycles. The van der Waals surface area contributed by atoms with E-state index in [9.17, 15) is 9.90 Å². The van der Waals surface area contributed by atoms with Crippen molar-refractivity contribution in [3.8, 4) is 17.2 Å². The lowest BCUT2D eigenvalue weighted by atomic mass is 10.0. The van der Waals surface area contributed by atoms with Crippen LogP contribution in [0.5, 0.6) is 17.2 Å². The van der Waals surface area contributed by atoms with Crippen LogP contribution in [0.15, 0.2) is 27.4 Å². The summed E-state index contributed by atoms with van der Waals surface area (Å²) in [5.41, 5.74) is 0.344. The summed E-state index contributed by atoms with van der Waals surface area (Å²) < 4.78 is 16.0. The summed E-state index contributed by atoms with van der Waals surface area (Å²) in [5, 5.41) is 11.4. The number of ether oxygens (including phenoxy) is 2. The molecule has 1 aliphatic heterocycles. The van der Waals surface area contributed by atoms with Crippen LogP contribution >= 0.6 is 11.6 Å². The Balaban J connectivity index is 2.32. The third-order valence-electron chi connectivity index (χ3n) is 3.61. The summed E-state index contributed by atoms with van der Waals surface area (Å²) in [6.07, 6.45) is 0. The van der Waals surface area contributed by atoms with Crippen molar-refractivity contribution >= 4 is 33.3 Å². The van der Waals surface area contributed by atoms with Gasteiger partial charge in [0, 0.05) is 10.8 Å². The van der Waals surface area contributed by atoms with E-state index in [1.54, 1.807) is 12.1 Å². The van der Waals surface area contributed by atoms with Crippen LogP contribution in [-0.2, 0) is 0 Å². The average Bonchev–Trinajstić information content (AvgIpc) is 2.92. The third-order valence-corrected chi connectivity index (χ3v) is 3.97. The van der Waals surface area contributed by atoms with Crippen molar-refractivity contribution < 1.29 is 19.0 Å². The van der Waals surface area contributed by atoms with Gasteiger partial charge in [0.25, 0.3) is 0 Å². The Morgan fingerprint density at radius 2 is 2.05 bits per heavy atom. The van der Waals surface area contributed by atoms with Crippen molar-refractivity contribution in [3.05, 3.63) is 39.2 Å². The quantitative estimate of drug-likeness (QED) is 0.509. The van der Waals surface area contributed by atoms with E-state index in [1.807, 2.05) is 6.92 Å². The molecule has 0 saturated heterocycles. The normalized spacial score (nSPS) is 13.2. The molecule has 1 N–H and O–H groups in total. The van der Waals surface area contributed by atoms with Gasteiger partial charge in [-0.05, 0) is 30.7 Å². The minimum absolute atomic E-state index is 0.0206. The summed E-state index contributed by atoms with van der Waals surface area (Å²) in [4.78, 5) is 12.3. The van der Waals surface area contributed by atoms with Crippen molar-refractivity contribution in [1.82, 2.24) is 0 Å². The van der Waals surface area contributed by atoms with Crippen molar-refractivity contribution in [1.29, 1.82) is 0 Å². The van der Waals surface area contributed by atoms with Gasteiger partial charge in [0.2, 0.25) is 6.79 Å². The molecule has 0 bridgehead atoms. The highest BCUT2D eigenvalue weighted by molar-refractivity contribution is 6.37. The van der Waals surface area contributed by atoms with Gasteiger partial charge in [-0.2, -0.15) is 0 Å². The molecular weight excluding hydrogens is 296 g/mol. The lowest BCUT2D eigenvalue weighted by molar-refractivity contribution is 0.174. The predicted octanol–water partition coefficient (Wildman–Crippen LogP) is 3.34. The second-order valence-corrected chi connectivity index (χ2v) is 5.22. The van der Waals surface area contributed by atoms with Gasteiger partial charge in [-0.15, -0.1) is 0 Å². The molecule has 0 radical (unpaired) electrons. The van der Waals surface area contributed by atoms with E-state index in [2.05, 4.69) is 0 Å². The molecular formula is C15H9ClO5. The monoisotopic (exact) mass is 304 g/mol. The highest BCUT2D eigenvalue weighted by atomic mass is 35.5. The maximum Gasteiger partial charge on any atom is 0.348 e. The van der Waals surface area contributed by atoms with Gasteiger partial charge < -0.3 is 19.0 Å². The van der Waals surface area contributed by atoms with E-state index in [4.69, 9.17) is 25.5 Å². The van der Waals surface area contributed by atoms with Gasteiger partial charge in [-0.3, -0.25) is 0 Å². The van der Waals surface area contributed by atoms with Crippen LogP contribution in [0.3, 0.4) is 0 Å². The maximum absolute atomic E-state index is 12.3. The molecule has 2 aromatic carbocycles. The lowest BCUT2D eigenvalue weighted by Crippen LogP contribution is -2.02. The highest BCUT2D eigenvalue weighted by Gasteiger charge is 2.23. The fraction of sp³-hybridized carbons (Fsp3) is 0.133. The van der Waals surface area contributed by atoms with Crippen molar-refractivity contribution in [2.75, 3.05) is 6.79 Å². The topological polar surface area (TPSA) is 68.9 Å². The number of aromatic hydroxyl groups is 1. The van der Waals surface area contributed by atoms with Gasteiger partial charge in [0.05, 0.1) is 0 Å². The predicted molar refractivity (Wildman–Crippen MR) is 77.5 cm³/mol. The molecule has 1 aliphatic rings. The van der Waals surface area contributed by atoms with Crippen LogP contribution in [0, 0.1) is 6.92 Å². The fourth-order valence-electron chi connectivity index (χ4n) is 2.70. The van der Waals surface area contributed by atoms with Crippen LogP contribution in [0.25, 0.3) is 21.7 Å². The number of hydrogen-bond donors (Lipinski definition) is 1. The zero-order valence-electron chi connectivity index (χ0n) is 10.9. The lowest BCUT2D eigenvalue weighted by Gasteiger charge is -2.09. The molecule has 0 saturated carbocycles. The first kappa shape index (κ1) is 12.3. The average molecular weight is 305 g/mol. The number of halogens is 1. The molecule has 4 rings (SSSR count). The van der Waals surface area contributed by atoms with E-state index >= 15 is 0 Å². The molecule has 2 heterocycles. The number of phenolic OH excluding ortho intramolecular Hbond substituents is 1. The van der Waals surface area contributed by atoms with Crippen molar-refractivity contribution in [2.45, 2.75) is 6.92 Å².